The van der Waals surface area contributed by atoms with Crippen molar-refractivity contribution in [2.45, 2.75) is 6.92 Å². The summed E-state index contributed by atoms with van der Waals surface area (Å²) in [5, 5.41) is 0.667. The van der Waals surface area contributed by atoms with Gasteiger partial charge in [0.05, 0.1) is 23.8 Å². The average molecular weight is 288 g/mol. The molecule has 5 heteroatoms. The highest BCUT2D eigenvalue weighted by Gasteiger charge is 2.12. The van der Waals surface area contributed by atoms with Crippen molar-refractivity contribution < 1.29 is 4.74 Å². The first-order valence-electron chi connectivity index (χ1n) is 6.18. The van der Waals surface area contributed by atoms with Gasteiger partial charge < -0.3 is 10.5 Å². The van der Waals surface area contributed by atoms with Crippen LogP contribution >= 0.6 is 11.6 Å². The third-order valence-corrected chi connectivity index (χ3v) is 3.53. The second-order valence-electron chi connectivity index (χ2n) is 4.59. The SMILES string of the molecule is COc1ccc2c(c1)nc(N)n2-c1cc(Cl)ccc1C. The Kier molecular flexibility index (Phi) is 3.03. The molecule has 3 rings (SSSR count). The lowest BCUT2D eigenvalue weighted by Gasteiger charge is -2.10. The monoisotopic (exact) mass is 287 g/mol. The van der Waals surface area contributed by atoms with E-state index in [1.54, 1.807) is 7.11 Å². The highest BCUT2D eigenvalue weighted by Crippen LogP contribution is 2.29. The molecule has 0 atom stereocenters. The molecule has 20 heavy (non-hydrogen) atoms. The first-order valence-corrected chi connectivity index (χ1v) is 6.56. The van der Waals surface area contributed by atoms with E-state index in [1.807, 2.05) is 47.9 Å². The van der Waals surface area contributed by atoms with E-state index in [9.17, 15) is 0 Å². The summed E-state index contributed by atoms with van der Waals surface area (Å²) in [5.41, 5.74) is 9.79. The lowest BCUT2D eigenvalue weighted by molar-refractivity contribution is 0.415. The Bertz CT molecular complexity index is 795. The average Bonchev–Trinajstić information content (AvgIpc) is 2.76. The summed E-state index contributed by atoms with van der Waals surface area (Å²) in [6.07, 6.45) is 0. The highest BCUT2D eigenvalue weighted by atomic mass is 35.5. The Morgan fingerprint density at radius 3 is 2.75 bits per heavy atom. The van der Waals surface area contributed by atoms with Gasteiger partial charge in [0.1, 0.15) is 5.75 Å². The Labute approximate surface area is 121 Å². The molecule has 0 radical (unpaired) electrons. The summed E-state index contributed by atoms with van der Waals surface area (Å²) in [4.78, 5) is 4.39. The Hall–Kier alpha value is -2.20. The molecule has 0 aliphatic rings. The summed E-state index contributed by atoms with van der Waals surface area (Å²) < 4.78 is 7.11. The summed E-state index contributed by atoms with van der Waals surface area (Å²) in [6, 6.07) is 11.4. The normalized spacial score (nSPS) is 10.9. The zero-order valence-corrected chi connectivity index (χ0v) is 12.0. The molecule has 0 saturated heterocycles. The smallest absolute Gasteiger partial charge is 0.205 e. The molecule has 2 aromatic carbocycles. The maximum atomic E-state index is 6.09. The maximum absolute atomic E-state index is 6.09. The predicted molar refractivity (Wildman–Crippen MR) is 81.8 cm³/mol. The second kappa shape index (κ2) is 4.72. The van der Waals surface area contributed by atoms with E-state index < -0.39 is 0 Å². The van der Waals surface area contributed by atoms with Crippen molar-refractivity contribution in [2.24, 2.45) is 0 Å². The first kappa shape index (κ1) is 12.8. The molecule has 2 N–H and O–H groups in total. The van der Waals surface area contributed by atoms with Gasteiger partial charge in [0.2, 0.25) is 5.95 Å². The van der Waals surface area contributed by atoms with Gasteiger partial charge in [0.25, 0.3) is 0 Å². The number of fused-ring (bicyclic) bond motifs is 1. The van der Waals surface area contributed by atoms with Gasteiger partial charge in [-0.15, -0.1) is 0 Å². The number of aromatic nitrogens is 2. The minimum Gasteiger partial charge on any atom is -0.497 e. The van der Waals surface area contributed by atoms with Gasteiger partial charge in [-0.05, 0) is 36.8 Å². The summed E-state index contributed by atoms with van der Waals surface area (Å²) in [7, 11) is 1.63. The topological polar surface area (TPSA) is 53.1 Å². The Balaban J connectivity index is 2.30. The highest BCUT2D eigenvalue weighted by molar-refractivity contribution is 6.30. The van der Waals surface area contributed by atoms with Gasteiger partial charge in [-0.3, -0.25) is 4.57 Å². The number of nitrogens with two attached hydrogens (primary N) is 1. The van der Waals surface area contributed by atoms with Gasteiger partial charge in [0, 0.05) is 11.1 Å². The van der Waals surface area contributed by atoms with E-state index in [2.05, 4.69) is 4.98 Å². The Morgan fingerprint density at radius 2 is 2.00 bits per heavy atom. The molecule has 1 aromatic heterocycles. The van der Waals surface area contributed by atoms with Crippen LogP contribution in [0.2, 0.25) is 5.02 Å². The quantitative estimate of drug-likeness (QED) is 0.784. The molecule has 0 aliphatic carbocycles. The number of hydrogen-bond acceptors (Lipinski definition) is 3. The molecule has 0 unspecified atom stereocenters. The molecular weight excluding hydrogens is 274 g/mol. The number of rotatable bonds is 2. The minimum atomic E-state index is 0.429. The van der Waals surface area contributed by atoms with Crippen LogP contribution in [0, 0.1) is 6.92 Å². The van der Waals surface area contributed by atoms with Crippen LogP contribution in [0.5, 0.6) is 5.75 Å². The number of nitrogens with zero attached hydrogens (tertiary/aromatic N) is 2. The molecule has 0 aliphatic heterocycles. The molecule has 0 amide bonds. The van der Waals surface area contributed by atoms with Crippen molar-refractivity contribution in [1.82, 2.24) is 9.55 Å². The van der Waals surface area contributed by atoms with Crippen LogP contribution < -0.4 is 10.5 Å². The molecular formula is C15H14ClN3O. The summed E-state index contributed by atoms with van der Waals surface area (Å²) in [5.74, 6) is 1.18. The van der Waals surface area contributed by atoms with Gasteiger partial charge in [-0.1, -0.05) is 17.7 Å². The molecule has 1 heterocycles. The third kappa shape index (κ3) is 1.98. The van der Waals surface area contributed by atoms with E-state index in [0.717, 1.165) is 28.0 Å². The van der Waals surface area contributed by atoms with Crippen LogP contribution in [0.1, 0.15) is 5.56 Å². The van der Waals surface area contributed by atoms with Crippen molar-refractivity contribution in [3.05, 3.63) is 47.0 Å². The van der Waals surface area contributed by atoms with Crippen molar-refractivity contribution >= 4 is 28.6 Å². The van der Waals surface area contributed by atoms with Gasteiger partial charge in [-0.25, -0.2) is 4.98 Å². The largest absolute Gasteiger partial charge is 0.497 e. The zero-order valence-electron chi connectivity index (χ0n) is 11.2. The number of anilines is 1. The number of halogens is 1. The number of benzene rings is 2. The number of imidazole rings is 1. The van der Waals surface area contributed by atoms with Crippen LogP contribution in [0.15, 0.2) is 36.4 Å². The fourth-order valence-corrected chi connectivity index (χ4v) is 2.45. The zero-order chi connectivity index (χ0) is 14.3. The van der Waals surface area contributed by atoms with E-state index in [0.29, 0.717) is 11.0 Å². The number of methoxy groups -OCH3 is 1. The Morgan fingerprint density at radius 1 is 1.20 bits per heavy atom. The fraction of sp³-hybridized carbons (Fsp3) is 0.133. The molecule has 0 bridgehead atoms. The summed E-state index contributed by atoms with van der Waals surface area (Å²) >= 11 is 6.09. The van der Waals surface area contributed by atoms with Crippen LogP contribution in [0.25, 0.3) is 16.7 Å². The third-order valence-electron chi connectivity index (χ3n) is 3.30. The van der Waals surface area contributed by atoms with E-state index in [1.165, 1.54) is 0 Å². The van der Waals surface area contributed by atoms with E-state index in [-0.39, 0.29) is 0 Å². The van der Waals surface area contributed by atoms with Crippen molar-refractivity contribution in [1.29, 1.82) is 0 Å². The van der Waals surface area contributed by atoms with Gasteiger partial charge in [0.15, 0.2) is 0 Å². The van der Waals surface area contributed by atoms with Gasteiger partial charge >= 0.3 is 0 Å². The van der Waals surface area contributed by atoms with Crippen LogP contribution in [0.3, 0.4) is 0 Å². The lowest BCUT2D eigenvalue weighted by atomic mass is 10.2. The van der Waals surface area contributed by atoms with Crippen molar-refractivity contribution in [3.8, 4) is 11.4 Å². The second-order valence-corrected chi connectivity index (χ2v) is 5.03. The number of ether oxygens (including phenoxy) is 1. The van der Waals surface area contributed by atoms with Crippen LogP contribution in [-0.4, -0.2) is 16.7 Å². The summed E-state index contributed by atoms with van der Waals surface area (Å²) in [6.45, 7) is 2.01. The van der Waals surface area contributed by atoms with E-state index in [4.69, 9.17) is 22.1 Å². The standard InChI is InChI=1S/C15H14ClN3O/c1-9-3-4-10(16)7-14(9)19-13-6-5-11(20-2)8-12(13)18-15(19)17/h3-8H,1-2H3,(H2,17,18). The van der Waals surface area contributed by atoms with Crippen molar-refractivity contribution in [2.75, 3.05) is 12.8 Å². The minimum absolute atomic E-state index is 0.429. The maximum Gasteiger partial charge on any atom is 0.205 e. The number of hydrogen-bond donors (Lipinski definition) is 1. The molecule has 0 fully saturated rings. The first-order chi connectivity index (χ1) is 9.60. The molecule has 3 aromatic rings. The molecule has 4 nitrogen and oxygen atoms in total. The lowest BCUT2D eigenvalue weighted by Crippen LogP contribution is -2.02. The fourth-order valence-electron chi connectivity index (χ4n) is 2.28. The molecule has 0 saturated carbocycles. The van der Waals surface area contributed by atoms with Gasteiger partial charge in [-0.2, -0.15) is 0 Å². The molecule has 102 valence electrons. The van der Waals surface area contributed by atoms with Crippen LogP contribution in [-0.2, 0) is 0 Å². The molecule has 0 spiro atoms. The predicted octanol–water partition coefficient (Wildman–Crippen LogP) is 3.58. The number of nitrogen functional groups attached to an aromatic ring is 1. The van der Waals surface area contributed by atoms with E-state index >= 15 is 0 Å². The number of aryl methyl sites for hydroxylation is 1. The van der Waals surface area contributed by atoms with Crippen molar-refractivity contribution in [3.63, 3.8) is 0 Å². The van der Waals surface area contributed by atoms with Crippen LogP contribution in [0.4, 0.5) is 5.95 Å².